The second-order valence-electron chi connectivity index (χ2n) is 10.5. The van der Waals surface area contributed by atoms with Crippen molar-refractivity contribution in [3.63, 3.8) is 0 Å². The van der Waals surface area contributed by atoms with Crippen LogP contribution in [-0.4, -0.2) is 69.3 Å². The van der Waals surface area contributed by atoms with Crippen molar-refractivity contribution >= 4 is 35.3 Å². The van der Waals surface area contributed by atoms with E-state index in [0.717, 1.165) is 61.4 Å². The molecular weight excluding hydrogens is 544 g/mol. The molecule has 0 bridgehead atoms. The number of piperazine rings is 1. The number of nitrogens with one attached hydrogen (secondary N) is 2. The lowest BCUT2D eigenvalue weighted by atomic mass is 10.1. The Labute approximate surface area is 250 Å². The Kier molecular flexibility index (Phi) is 8.33. The lowest BCUT2D eigenvalue weighted by molar-refractivity contribution is 0.0951. The monoisotopic (exact) mass is 576 g/mol. The zero-order valence-corrected chi connectivity index (χ0v) is 24.2. The number of nitrogen functional groups attached to an aromatic ring is 1. The van der Waals surface area contributed by atoms with E-state index in [4.69, 9.17) is 5.73 Å². The van der Waals surface area contributed by atoms with E-state index in [1.54, 1.807) is 36.5 Å². The number of pyridine rings is 1. The summed E-state index contributed by atoms with van der Waals surface area (Å²) < 4.78 is 2.40. The number of rotatable bonds is 7. The van der Waals surface area contributed by atoms with E-state index >= 15 is 0 Å². The number of hydrogen-bond acceptors (Lipinski definition) is 9. The zero-order valence-electron chi connectivity index (χ0n) is 23.4. The predicted octanol–water partition coefficient (Wildman–Crippen LogP) is 4.41. The number of likely N-dealkylation sites (N-methyl/N-ethyl adjacent to an activating group) is 1. The van der Waals surface area contributed by atoms with Crippen molar-refractivity contribution in [2.24, 2.45) is 0 Å². The number of aromatic nitrogens is 3. The normalized spacial score (nSPS) is 15.5. The average Bonchev–Trinajstić information content (AvgIpc) is 3.83. The molecule has 2 aromatic heterocycles. The van der Waals surface area contributed by atoms with Crippen LogP contribution in [0.5, 0.6) is 0 Å². The molecule has 1 saturated heterocycles. The fourth-order valence-corrected chi connectivity index (χ4v) is 5.34. The first kappa shape index (κ1) is 27.7. The Hall–Kier alpha value is -4.43. The maximum atomic E-state index is 12.3. The summed E-state index contributed by atoms with van der Waals surface area (Å²) in [6, 6.07) is 19.7. The third-order valence-corrected chi connectivity index (χ3v) is 8.20. The van der Waals surface area contributed by atoms with Crippen LogP contribution in [-0.2, 0) is 0 Å². The van der Waals surface area contributed by atoms with Crippen LogP contribution in [0, 0.1) is 11.8 Å². The highest BCUT2D eigenvalue weighted by molar-refractivity contribution is 7.97. The number of hydrogen-bond donors (Lipinski definition) is 3. The second kappa shape index (κ2) is 12.6. The van der Waals surface area contributed by atoms with Gasteiger partial charge in [0.15, 0.2) is 0 Å². The van der Waals surface area contributed by atoms with Crippen molar-refractivity contribution in [3.8, 4) is 23.0 Å². The average molecular weight is 577 g/mol. The summed E-state index contributed by atoms with van der Waals surface area (Å²) in [4.78, 5) is 29.1. The number of anilines is 3. The van der Waals surface area contributed by atoms with Gasteiger partial charge in [0, 0.05) is 71.9 Å². The van der Waals surface area contributed by atoms with Crippen LogP contribution in [0.3, 0.4) is 0 Å². The minimum atomic E-state index is -0.0806. The summed E-state index contributed by atoms with van der Waals surface area (Å²) in [5, 5.41) is 6.19. The van der Waals surface area contributed by atoms with Gasteiger partial charge in [-0.25, -0.2) is 14.3 Å². The molecule has 9 nitrogen and oxygen atoms in total. The van der Waals surface area contributed by atoms with Crippen molar-refractivity contribution in [3.05, 3.63) is 89.9 Å². The molecule has 1 saturated carbocycles. The molecule has 4 N–H and O–H groups in total. The molecular formula is C32H32N8OS. The van der Waals surface area contributed by atoms with Gasteiger partial charge >= 0.3 is 0 Å². The van der Waals surface area contributed by atoms with Crippen LogP contribution in [0.1, 0.15) is 34.5 Å². The van der Waals surface area contributed by atoms with Crippen LogP contribution >= 0.6 is 11.9 Å². The first-order valence-electron chi connectivity index (χ1n) is 14.0. The predicted molar refractivity (Wildman–Crippen MR) is 167 cm³/mol. The van der Waals surface area contributed by atoms with Crippen LogP contribution in [0.2, 0.25) is 0 Å². The number of carbonyl (C=O) groups excluding carboxylic acids is 1. The van der Waals surface area contributed by atoms with Gasteiger partial charge in [0.1, 0.15) is 11.5 Å². The smallest absolute Gasteiger partial charge is 0.251 e. The largest absolute Gasteiger partial charge is 0.383 e. The fraction of sp³-hybridized carbons (Fsp3) is 0.250. The maximum Gasteiger partial charge on any atom is 0.251 e. The van der Waals surface area contributed by atoms with E-state index in [1.165, 1.54) is 4.90 Å². The molecule has 2 aliphatic rings. The Morgan fingerprint density at radius 2 is 1.74 bits per heavy atom. The fourth-order valence-electron chi connectivity index (χ4n) is 4.44. The molecule has 0 atom stereocenters. The van der Waals surface area contributed by atoms with Gasteiger partial charge in [0.25, 0.3) is 5.91 Å². The van der Waals surface area contributed by atoms with Crippen molar-refractivity contribution < 1.29 is 4.79 Å². The molecule has 0 radical (unpaired) electrons. The van der Waals surface area contributed by atoms with Gasteiger partial charge in [0.2, 0.25) is 5.95 Å². The highest BCUT2D eigenvalue weighted by Crippen LogP contribution is 2.29. The van der Waals surface area contributed by atoms with E-state index in [0.29, 0.717) is 29.1 Å². The molecule has 0 spiro atoms. The molecule has 212 valence electrons. The molecule has 6 rings (SSSR count). The summed E-state index contributed by atoms with van der Waals surface area (Å²) in [6.45, 7) is 4.29. The molecule has 0 unspecified atom stereocenters. The third-order valence-electron chi connectivity index (χ3n) is 7.09. The van der Waals surface area contributed by atoms with E-state index in [1.807, 2.05) is 24.3 Å². The molecule has 1 amide bonds. The SMILES string of the molecule is CN1CCN(Sc2ccc(-c3cnc(Nc4ccc(C#Cc5cc(C(=O)NC6CC6)ccn5)cc4)nc3N)cc2)CC1. The highest BCUT2D eigenvalue weighted by Gasteiger charge is 2.23. The van der Waals surface area contributed by atoms with E-state index in [-0.39, 0.29) is 5.91 Å². The number of nitrogens with two attached hydrogens (primary N) is 1. The van der Waals surface area contributed by atoms with Gasteiger partial charge in [0.05, 0.1) is 0 Å². The Bertz CT molecular complexity index is 1620. The Balaban J connectivity index is 1.06. The number of benzene rings is 2. The van der Waals surface area contributed by atoms with Crippen LogP contribution in [0.4, 0.5) is 17.5 Å². The maximum absolute atomic E-state index is 12.3. The van der Waals surface area contributed by atoms with Crippen LogP contribution in [0.25, 0.3) is 11.1 Å². The third kappa shape index (κ3) is 7.25. The summed E-state index contributed by atoms with van der Waals surface area (Å²) >= 11 is 1.79. The van der Waals surface area contributed by atoms with E-state index in [2.05, 4.69) is 77.9 Å². The lowest BCUT2D eigenvalue weighted by Crippen LogP contribution is -2.40. The topological polar surface area (TPSA) is 112 Å². The Morgan fingerprint density at radius 1 is 0.976 bits per heavy atom. The highest BCUT2D eigenvalue weighted by atomic mass is 32.2. The van der Waals surface area contributed by atoms with Crippen molar-refractivity contribution in [1.82, 2.24) is 29.5 Å². The standard InChI is InChI=1S/C32H32N8OS/c1-39-16-18-40(19-17-39)42-28-12-5-23(6-13-28)29-21-35-32(38-30(29)33)37-26-7-2-22(3-8-26)4-9-27-20-24(14-15-34-27)31(41)36-25-10-11-25/h2-3,5-8,12-15,20-21,25H,10-11,16-19H2,1H3,(H,36,41)(H3,33,35,37,38). The molecule has 42 heavy (non-hydrogen) atoms. The number of nitrogens with zero attached hydrogens (tertiary/aromatic N) is 5. The molecule has 1 aliphatic carbocycles. The molecule has 2 fully saturated rings. The molecule has 3 heterocycles. The van der Waals surface area contributed by atoms with Gasteiger partial charge in [-0.2, -0.15) is 4.98 Å². The summed E-state index contributed by atoms with van der Waals surface area (Å²) in [7, 11) is 2.16. The minimum absolute atomic E-state index is 0.0806. The van der Waals surface area contributed by atoms with E-state index < -0.39 is 0 Å². The lowest BCUT2D eigenvalue weighted by Gasteiger charge is -2.31. The summed E-state index contributed by atoms with van der Waals surface area (Å²) in [5.41, 5.74) is 10.9. The first-order valence-corrected chi connectivity index (χ1v) is 14.8. The van der Waals surface area contributed by atoms with Gasteiger partial charge in [-0.1, -0.05) is 18.1 Å². The number of amides is 1. The first-order chi connectivity index (χ1) is 20.5. The van der Waals surface area contributed by atoms with Gasteiger partial charge in [-0.3, -0.25) is 4.79 Å². The van der Waals surface area contributed by atoms with Gasteiger partial charge in [-0.05, 0) is 91.9 Å². The Morgan fingerprint density at radius 3 is 2.45 bits per heavy atom. The van der Waals surface area contributed by atoms with Crippen molar-refractivity contribution in [1.29, 1.82) is 0 Å². The summed E-state index contributed by atoms with van der Waals surface area (Å²) in [5.74, 6) is 6.90. The van der Waals surface area contributed by atoms with Crippen molar-refractivity contribution in [2.75, 3.05) is 44.3 Å². The van der Waals surface area contributed by atoms with Gasteiger partial charge in [-0.15, -0.1) is 0 Å². The van der Waals surface area contributed by atoms with Gasteiger partial charge < -0.3 is 21.3 Å². The second-order valence-corrected chi connectivity index (χ2v) is 11.6. The minimum Gasteiger partial charge on any atom is -0.383 e. The molecule has 2 aromatic carbocycles. The molecule has 4 aromatic rings. The molecule has 1 aliphatic heterocycles. The van der Waals surface area contributed by atoms with E-state index in [9.17, 15) is 4.79 Å². The van der Waals surface area contributed by atoms with Crippen LogP contribution in [0.15, 0.2) is 78.0 Å². The molecule has 10 heteroatoms. The van der Waals surface area contributed by atoms with Crippen LogP contribution < -0.4 is 16.4 Å². The quantitative estimate of drug-likeness (QED) is 0.218. The zero-order chi connectivity index (χ0) is 28.9. The van der Waals surface area contributed by atoms with Crippen molar-refractivity contribution in [2.45, 2.75) is 23.8 Å². The summed E-state index contributed by atoms with van der Waals surface area (Å²) in [6.07, 6.45) is 5.45. The number of carbonyl (C=O) groups is 1.